The summed E-state index contributed by atoms with van der Waals surface area (Å²) in [6, 6.07) is 33.4. The fourth-order valence-electron chi connectivity index (χ4n) is 4.79. The van der Waals surface area contributed by atoms with E-state index in [0.717, 1.165) is 13.1 Å². The van der Waals surface area contributed by atoms with E-state index in [0.29, 0.717) is 0 Å². The Morgan fingerprint density at radius 3 is 1.50 bits per heavy atom. The number of rotatable bonds is 4. The molecular formula is C31H31ClN2O4. The summed E-state index contributed by atoms with van der Waals surface area (Å²) in [6.07, 6.45) is 0. The monoisotopic (exact) mass is 530 g/mol. The van der Waals surface area contributed by atoms with Crippen molar-refractivity contribution in [3.8, 4) is 33.4 Å². The average molecular weight is 531 g/mol. The maximum atomic E-state index is 8.49. The summed E-state index contributed by atoms with van der Waals surface area (Å²) in [7, 11) is -0.524. The van der Waals surface area contributed by atoms with Crippen molar-refractivity contribution < 1.29 is 33.5 Å². The van der Waals surface area contributed by atoms with Gasteiger partial charge in [-0.05, 0) is 59.4 Å². The first kappa shape index (κ1) is 27.5. The molecule has 0 amide bonds. The first-order chi connectivity index (χ1) is 18.0. The fraction of sp³-hybridized carbons (Fsp3) is 0.194. The second-order valence-electron chi connectivity index (χ2n) is 9.59. The van der Waals surface area contributed by atoms with Gasteiger partial charge in [0, 0.05) is 0 Å². The van der Waals surface area contributed by atoms with Gasteiger partial charge < -0.3 is 0 Å². The number of benzene rings is 4. The first-order valence-corrected chi connectivity index (χ1v) is 13.5. The van der Waals surface area contributed by atoms with Crippen molar-refractivity contribution in [2.24, 2.45) is 0 Å². The van der Waals surface area contributed by atoms with Crippen molar-refractivity contribution in [2.75, 3.05) is 27.2 Å². The van der Waals surface area contributed by atoms with Crippen LogP contribution in [0.3, 0.4) is 0 Å². The van der Waals surface area contributed by atoms with E-state index >= 15 is 0 Å². The molecule has 0 N–H and O–H groups in total. The zero-order valence-corrected chi connectivity index (χ0v) is 22.7. The normalized spacial score (nSPS) is 13.4. The van der Waals surface area contributed by atoms with Crippen LogP contribution in [-0.4, -0.2) is 42.5 Å². The largest absolute Gasteiger partial charge is 0.280 e. The molecule has 0 saturated heterocycles. The molecule has 6 nitrogen and oxygen atoms in total. The quantitative estimate of drug-likeness (QED) is 0.375. The van der Waals surface area contributed by atoms with Gasteiger partial charge in [0.25, 0.3) is 5.84 Å². The summed E-state index contributed by atoms with van der Waals surface area (Å²) in [4.78, 5) is 2.40. The molecule has 4 aromatic rings. The van der Waals surface area contributed by atoms with Crippen molar-refractivity contribution in [1.29, 1.82) is 0 Å². The van der Waals surface area contributed by atoms with E-state index in [1.807, 2.05) is 0 Å². The van der Waals surface area contributed by atoms with E-state index in [9.17, 15) is 0 Å². The Hall–Kier alpha value is -3.52. The van der Waals surface area contributed by atoms with E-state index in [-0.39, 0.29) is 0 Å². The molecule has 0 saturated carbocycles. The van der Waals surface area contributed by atoms with Crippen LogP contribution >= 0.6 is 0 Å². The van der Waals surface area contributed by atoms with Crippen LogP contribution in [0.25, 0.3) is 33.4 Å². The standard InChI is InChI=1S/C31H31N2.ClHO4/c1-22-10-14-25(15-11-22)28-20-27(24-8-6-5-7-9-24)21-29(26-16-12-23(2)13-17-26)30(28)31-32(3)18-19-33(31)4;2-1(3,4)5/h5-17,20-21H,18-19H2,1-4H3;(H,2,3,4,5)/q+1;/p-1. The summed E-state index contributed by atoms with van der Waals surface area (Å²) in [6.45, 7) is 6.37. The highest BCUT2D eigenvalue weighted by molar-refractivity contribution is 6.09. The number of likely N-dealkylation sites (N-methyl/N-ethyl adjacent to an activating group) is 2. The van der Waals surface area contributed by atoms with Crippen LogP contribution in [0.2, 0.25) is 0 Å². The number of hydrogen-bond donors (Lipinski definition) is 0. The molecule has 5 rings (SSSR count). The van der Waals surface area contributed by atoms with Crippen LogP contribution in [0.15, 0.2) is 91.0 Å². The lowest BCUT2D eigenvalue weighted by molar-refractivity contribution is -2.00. The second kappa shape index (κ2) is 11.5. The molecule has 4 aromatic carbocycles. The Kier molecular flexibility index (Phi) is 8.31. The van der Waals surface area contributed by atoms with Crippen LogP contribution in [0, 0.1) is 24.1 Å². The Bertz CT molecular complexity index is 1360. The lowest BCUT2D eigenvalue weighted by Gasteiger charge is -2.19. The van der Waals surface area contributed by atoms with Gasteiger partial charge >= 0.3 is 0 Å². The minimum Gasteiger partial charge on any atom is -0.260 e. The van der Waals surface area contributed by atoms with Gasteiger partial charge in [0.05, 0.1) is 19.7 Å². The molecule has 0 atom stereocenters. The predicted molar refractivity (Wildman–Crippen MR) is 140 cm³/mol. The summed E-state index contributed by atoms with van der Waals surface area (Å²) >= 11 is 0. The third-order valence-electron chi connectivity index (χ3n) is 6.69. The van der Waals surface area contributed by atoms with Gasteiger partial charge in [0.15, 0.2) is 0 Å². The third-order valence-corrected chi connectivity index (χ3v) is 6.69. The Morgan fingerprint density at radius 2 is 1.11 bits per heavy atom. The summed E-state index contributed by atoms with van der Waals surface area (Å²) < 4.78 is 36.4. The number of aryl methyl sites for hydroxylation is 2. The minimum atomic E-state index is -4.94. The number of amidine groups is 1. The molecule has 38 heavy (non-hydrogen) atoms. The Morgan fingerprint density at radius 1 is 0.658 bits per heavy atom. The van der Waals surface area contributed by atoms with Gasteiger partial charge in [-0.3, -0.25) is 9.48 Å². The smallest absolute Gasteiger partial charge is 0.260 e. The molecule has 0 unspecified atom stereocenters. The first-order valence-electron chi connectivity index (χ1n) is 12.3. The Balaban J connectivity index is 0.000000617. The lowest BCUT2D eigenvalue weighted by Crippen LogP contribution is -2.68. The topological polar surface area (TPSA) is 98.5 Å². The van der Waals surface area contributed by atoms with Crippen molar-refractivity contribution in [3.05, 3.63) is 108 Å². The molecule has 1 aliphatic rings. The molecule has 0 bridgehead atoms. The van der Waals surface area contributed by atoms with Crippen LogP contribution in [0.1, 0.15) is 16.7 Å². The van der Waals surface area contributed by atoms with E-state index in [1.54, 1.807) is 0 Å². The molecule has 0 spiro atoms. The molecule has 196 valence electrons. The second-order valence-corrected chi connectivity index (χ2v) is 10.3. The highest BCUT2D eigenvalue weighted by atomic mass is 35.7. The predicted octanol–water partition coefficient (Wildman–Crippen LogP) is 1.88. The number of nitrogens with zero attached hydrogens (tertiary/aromatic N) is 2. The van der Waals surface area contributed by atoms with Crippen LogP contribution < -0.4 is 18.6 Å². The van der Waals surface area contributed by atoms with Gasteiger partial charge in [0.2, 0.25) is 0 Å². The summed E-state index contributed by atoms with van der Waals surface area (Å²) in [5.74, 6) is 1.29. The molecule has 7 heteroatoms. The maximum Gasteiger partial charge on any atom is 0.280 e. The van der Waals surface area contributed by atoms with Gasteiger partial charge in [-0.25, -0.2) is 18.6 Å². The molecule has 0 aromatic heterocycles. The molecule has 0 fully saturated rings. The minimum absolute atomic E-state index is 1.03. The summed E-state index contributed by atoms with van der Waals surface area (Å²) in [5.41, 5.74) is 11.4. The highest BCUT2D eigenvalue weighted by Gasteiger charge is 2.32. The highest BCUT2D eigenvalue weighted by Crippen LogP contribution is 2.39. The molecule has 1 heterocycles. The zero-order chi connectivity index (χ0) is 27.4. The Labute approximate surface area is 226 Å². The van der Waals surface area contributed by atoms with Crippen molar-refractivity contribution in [1.82, 2.24) is 4.90 Å². The summed E-state index contributed by atoms with van der Waals surface area (Å²) in [5, 5.41) is 0. The van der Waals surface area contributed by atoms with E-state index in [2.05, 4.69) is 128 Å². The van der Waals surface area contributed by atoms with Gasteiger partial charge in [-0.2, -0.15) is 0 Å². The zero-order valence-electron chi connectivity index (χ0n) is 22.0. The molecular weight excluding hydrogens is 500 g/mol. The number of hydrogen-bond acceptors (Lipinski definition) is 5. The van der Waals surface area contributed by atoms with Gasteiger partial charge in [0.1, 0.15) is 13.1 Å². The van der Waals surface area contributed by atoms with Crippen molar-refractivity contribution >= 4 is 5.84 Å². The third kappa shape index (κ3) is 6.67. The molecule has 0 radical (unpaired) electrons. The maximum absolute atomic E-state index is 8.49. The van der Waals surface area contributed by atoms with E-state index in [1.165, 1.54) is 55.9 Å². The van der Waals surface area contributed by atoms with Crippen molar-refractivity contribution in [3.63, 3.8) is 0 Å². The van der Waals surface area contributed by atoms with Crippen LogP contribution in [0.4, 0.5) is 0 Å². The van der Waals surface area contributed by atoms with Crippen LogP contribution in [0.5, 0.6) is 0 Å². The van der Waals surface area contributed by atoms with Crippen LogP contribution in [-0.2, 0) is 0 Å². The molecule has 0 aliphatic carbocycles. The van der Waals surface area contributed by atoms with E-state index in [4.69, 9.17) is 18.6 Å². The average Bonchev–Trinajstić information content (AvgIpc) is 3.21. The van der Waals surface area contributed by atoms with Gasteiger partial charge in [-0.15, -0.1) is 10.2 Å². The van der Waals surface area contributed by atoms with E-state index < -0.39 is 10.2 Å². The fourth-order valence-corrected chi connectivity index (χ4v) is 4.79. The number of halogens is 1. The van der Waals surface area contributed by atoms with Crippen molar-refractivity contribution in [2.45, 2.75) is 13.8 Å². The van der Waals surface area contributed by atoms with Gasteiger partial charge in [-0.1, -0.05) is 90.0 Å². The lowest BCUT2D eigenvalue weighted by atomic mass is 9.86. The SMILES string of the molecule is Cc1ccc(-c2cc(-c3ccccc3)cc(-c3ccc(C)cc3)c2C2=[N+](C)CCN2C)cc1.[O-][Cl+3]([O-])([O-])[O-]. The molecule has 1 aliphatic heterocycles.